The molecule has 1 aliphatic heterocycles. The minimum atomic E-state index is -0.196. The van der Waals surface area contributed by atoms with Crippen LogP contribution in [0.5, 0.6) is 5.75 Å². The Kier molecular flexibility index (Phi) is 5.43. The lowest BCUT2D eigenvalue weighted by Gasteiger charge is -2.14. The molecule has 0 N–H and O–H groups in total. The third-order valence-corrected chi connectivity index (χ3v) is 5.23. The Morgan fingerprint density at radius 3 is 1.93 bits per heavy atom. The van der Waals surface area contributed by atoms with Crippen molar-refractivity contribution < 1.29 is 14.3 Å². The molecule has 0 saturated carbocycles. The fourth-order valence-corrected chi connectivity index (χ4v) is 3.63. The maximum absolute atomic E-state index is 12.3. The van der Waals surface area contributed by atoms with Crippen LogP contribution in [0.25, 0.3) is 11.1 Å². The van der Waals surface area contributed by atoms with Crippen molar-refractivity contribution in [3.8, 4) is 16.9 Å². The Morgan fingerprint density at radius 2 is 1.31 bits per heavy atom. The molecule has 1 aliphatic rings. The first-order valence-corrected chi connectivity index (χ1v) is 9.89. The summed E-state index contributed by atoms with van der Waals surface area (Å²) < 4.78 is 5.82. The van der Waals surface area contributed by atoms with Crippen molar-refractivity contribution in [3.63, 3.8) is 0 Å². The molecule has 4 nitrogen and oxygen atoms in total. The van der Waals surface area contributed by atoms with E-state index in [4.69, 9.17) is 4.74 Å². The lowest BCUT2D eigenvalue weighted by atomic mass is 10.0. The highest BCUT2D eigenvalue weighted by atomic mass is 16.5. The van der Waals surface area contributed by atoms with Gasteiger partial charge in [-0.25, -0.2) is 0 Å². The molecule has 3 aromatic rings. The standard InChI is InChI=1S/C25H23NO3/c1-18-8-2-3-9-21(18)19-12-14-20(15-13-19)29-17-7-6-16-26-24(27)22-10-4-5-11-23(22)25(26)28/h2-5,8-15H,6-7,16-17H2,1H3. The van der Waals surface area contributed by atoms with Gasteiger partial charge in [0.05, 0.1) is 17.7 Å². The first kappa shape index (κ1) is 18.9. The molecular weight excluding hydrogens is 362 g/mol. The number of carbonyl (C=O) groups excluding carboxylic acids is 2. The predicted octanol–water partition coefficient (Wildman–Crippen LogP) is 5.12. The molecule has 0 saturated heterocycles. The highest BCUT2D eigenvalue weighted by Gasteiger charge is 2.34. The van der Waals surface area contributed by atoms with Gasteiger partial charge in [-0.1, -0.05) is 48.5 Å². The molecule has 0 atom stereocenters. The summed E-state index contributed by atoms with van der Waals surface area (Å²) in [4.78, 5) is 26.0. The molecule has 1 heterocycles. The van der Waals surface area contributed by atoms with Crippen LogP contribution in [0.4, 0.5) is 0 Å². The number of carbonyl (C=O) groups is 2. The van der Waals surface area contributed by atoms with Crippen LogP contribution in [0, 0.1) is 6.92 Å². The highest BCUT2D eigenvalue weighted by molar-refractivity contribution is 6.21. The van der Waals surface area contributed by atoms with E-state index in [1.807, 2.05) is 24.3 Å². The van der Waals surface area contributed by atoms with E-state index >= 15 is 0 Å². The quantitative estimate of drug-likeness (QED) is 0.419. The van der Waals surface area contributed by atoms with E-state index in [0.29, 0.717) is 30.7 Å². The number of nitrogens with zero attached hydrogens (tertiary/aromatic N) is 1. The van der Waals surface area contributed by atoms with Gasteiger partial charge in [-0.15, -0.1) is 0 Å². The topological polar surface area (TPSA) is 46.6 Å². The summed E-state index contributed by atoms with van der Waals surface area (Å²) >= 11 is 0. The van der Waals surface area contributed by atoms with Gasteiger partial charge in [-0.3, -0.25) is 14.5 Å². The van der Waals surface area contributed by atoms with Gasteiger partial charge in [0.2, 0.25) is 0 Å². The minimum absolute atomic E-state index is 0.196. The van der Waals surface area contributed by atoms with Gasteiger partial charge in [0.15, 0.2) is 0 Å². The number of amides is 2. The Balaban J connectivity index is 1.25. The van der Waals surface area contributed by atoms with Crippen molar-refractivity contribution in [2.75, 3.05) is 13.2 Å². The molecule has 0 aromatic heterocycles. The smallest absolute Gasteiger partial charge is 0.261 e. The van der Waals surface area contributed by atoms with Crippen molar-refractivity contribution in [2.45, 2.75) is 19.8 Å². The Hall–Kier alpha value is -3.40. The van der Waals surface area contributed by atoms with Gasteiger partial charge in [0.25, 0.3) is 11.8 Å². The number of rotatable bonds is 7. The zero-order valence-corrected chi connectivity index (χ0v) is 16.4. The molecule has 4 rings (SSSR count). The summed E-state index contributed by atoms with van der Waals surface area (Å²) in [6.45, 7) is 3.07. The van der Waals surface area contributed by atoms with E-state index in [-0.39, 0.29) is 11.8 Å². The van der Waals surface area contributed by atoms with Gasteiger partial charge in [-0.05, 0) is 60.7 Å². The number of fused-ring (bicyclic) bond motifs is 1. The van der Waals surface area contributed by atoms with Crippen LogP contribution in [-0.4, -0.2) is 29.9 Å². The second-order valence-electron chi connectivity index (χ2n) is 7.20. The first-order chi connectivity index (χ1) is 14.1. The zero-order valence-electron chi connectivity index (χ0n) is 16.4. The Bertz CT molecular complexity index is 1000. The zero-order chi connectivity index (χ0) is 20.2. The molecule has 0 bridgehead atoms. The fraction of sp³-hybridized carbons (Fsp3) is 0.200. The maximum atomic E-state index is 12.3. The number of hydrogen-bond donors (Lipinski definition) is 0. The van der Waals surface area contributed by atoms with Crippen LogP contribution in [0.2, 0.25) is 0 Å². The maximum Gasteiger partial charge on any atom is 0.261 e. The van der Waals surface area contributed by atoms with Crippen molar-refractivity contribution in [2.24, 2.45) is 0 Å². The third-order valence-electron chi connectivity index (χ3n) is 5.23. The van der Waals surface area contributed by atoms with Gasteiger partial charge in [0.1, 0.15) is 5.75 Å². The first-order valence-electron chi connectivity index (χ1n) is 9.89. The van der Waals surface area contributed by atoms with Crippen molar-refractivity contribution >= 4 is 11.8 Å². The normalized spacial score (nSPS) is 12.9. The molecule has 0 aliphatic carbocycles. The second kappa shape index (κ2) is 8.31. The molecule has 29 heavy (non-hydrogen) atoms. The van der Waals surface area contributed by atoms with Gasteiger partial charge >= 0.3 is 0 Å². The van der Waals surface area contributed by atoms with Crippen molar-refractivity contribution in [1.82, 2.24) is 4.90 Å². The van der Waals surface area contributed by atoms with Crippen LogP contribution in [0.3, 0.4) is 0 Å². The molecule has 0 fully saturated rings. The average Bonchev–Trinajstić information content (AvgIpc) is 2.99. The molecule has 146 valence electrons. The lowest BCUT2D eigenvalue weighted by molar-refractivity contribution is 0.0649. The largest absolute Gasteiger partial charge is 0.494 e. The van der Waals surface area contributed by atoms with E-state index in [2.05, 4.69) is 31.2 Å². The fourth-order valence-electron chi connectivity index (χ4n) is 3.63. The molecule has 0 spiro atoms. The van der Waals surface area contributed by atoms with Crippen LogP contribution in [0.1, 0.15) is 39.1 Å². The molecule has 2 amide bonds. The summed E-state index contributed by atoms with van der Waals surface area (Å²) in [6.07, 6.45) is 1.49. The summed E-state index contributed by atoms with van der Waals surface area (Å²) in [7, 11) is 0. The van der Waals surface area contributed by atoms with Crippen molar-refractivity contribution in [1.29, 1.82) is 0 Å². The monoisotopic (exact) mass is 385 g/mol. The Labute approximate surface area is 170 Å². The van der Waals surface area contributed by atoms with Gasteiger partial charge < -0.3 is 4.74 Å². The second-order valence-corrected chi connectivity index (χ2v) is 7.20. The molecular formula is C25H23NO3. The highest BCUT2D eigenvalue weighted by Crippen LogP contribution is 2.25. The van der Waals surface area contributed by atoms with E-state index in [1.165, 1.54) is 21.6 Å². The van der Waals surface area contributed by atoms with Crippen LogP contribution < -0.4 is 4.74 Å². The molecule has 3 aromatic carbocycles. The number of unbranched alkanes of at least 4 members (excludes halogenated alkanes) is 1. The van der Waals surface area contributed by atoms with Gasteiger partial charge in [0, 0.05) is 6.54 Å². The van der Waals surface area contributed by atoms with Gasteiger partial charge in [-0.2, -0.15) is 0 Å². The third kappa shape index (κ3) is 3.92. The Morgan fingerprint density at radius 1 is 0.724 bits per heavy atom. The van der Waals surface area contributed by atoms with Crippen LogP contribution in [-0.2, 0) is 0 Å². The van der Waals surface area contributed by atoms with E-state index in [1.54, 1.807) is 24.3 Å². The number of imide groups is 1. The number of aryl methyl sites for hydroxylation is 1. The lowest BCUT2D eigenvalue weighted by Crippen LogP contribution is -2.30. The van der Waals surface area contributed by atoms with E-state index < -0.39 is 0 Å². The minimum Gasteiger partial charge on any atom is -0.494 e. The molecule has 0 radical (unpaired) electrons. The average molecular weight is 385 g/mol. The number of ether oxygens (including phenoxy) is 1. The van der Waals surface area contributed by atoms with Crippen molar-refractivity contribution in [3.05, 3.63) is 89.5 Å². The van der Waals surface area contributed by atoms with Crippen LogP contribution >= 0.6 is 0 Å². The summed E-state index contributed by atoms with van der Waals surface area (Å²) in [5, 5.41) is 0. The SMILES string of the molecule is Cc1ccccc1-c1ccc(OCCCCN2C(=O)c3ccccc3C2=O)cc1. The summed E-state index contributed by atoms with van der Waals surface area (Å²) in [5.41, 5.74) is 4.64. The molecule has 4 heteroatoms. The molecule has 0 unspecified atom stereocenters. The van der Waals surface area contributed by atoms with E-state index in [0.717, 1.165) is 12.2 Å². The van der Waals surface area contributed by atoms with E-state index in [9.17, 15) is 9.59 Å². The number of hydrogen-bond acceptors (Lipinski definition) is 3. The summed E-state index contributed by atoms with van der Waals surface area (Å²) in [6, 6.07) is 23.4. The predicted molar refractivity (Wildman–Crippen MR) is 113 cm³/mol. The number of benzene rings is 3. The van der Waals surface area contributed by atoms with Crippen LogP contribution in [0.15, 0.2) is 72.8 Å². The summed E-state index contributed by atoms with van der Waals surface area (Å²) in [5.74, 6) is 0.430.